The Balaban J connectivity index is 1.30. The van der Waals surface area contributed by atoms with Crippen molar-refractivity contribution in [3.05, 3.63) is 54.1 Å². The molecule has 0 aromatic heterocycles. The van der Waals surface area contributed by atoms with E-state index >= 15 is 0 Å². The molecule has 5 rings (SSSR count). The largest absolute Gasteiger partial charge is 0.338 e. The number of nitriles is 1. The summed E-state index contributed by atoms with van der Waals surface area (Å²) in [5.41, 5.74) is 1.63. The van der Waals surface area contributed by atoms with E-state index in [0.717, 1.165) is 55.5 Å². The van der Waals surface area contributed by atoms with Gasteiger partial charge in [0.15, 0.2) is 0 Å². The number of nitrogens with one attached hydrogen (secondary N) is 2. The molecule has 0 unspecified atom stereocenters. The molecule has 1 saturated heterocycles. The number of benzene rings is 2. The van der Waals surface area contributed by atoms with E-state index in [1.54, 1.807) is 12.1 Å². The van der Waals surface area contributed by atoms with Crippen LogP contribution < -0.4 is 15.5 Å². The van der Waals surface area contributed by atoms with E-state index < -0.39 is 11.1 Å². The number of amides is 3. The van der Waals surface area contributed by atoms with Gasteiger partial charge in [-0.3, -0.25) is 14.4 Å². The van der Waals surface area contributed by atoms with Crippen molar-refractivity contribution in [2.24, 2.45) is 0 Å². The first-order valence-electron chi connectivity index (χ1n) is 13.0. The lowest BCUT2D eigenvalue weighted by Crippen LogP contribution is -2.60. The van der Waals surface area contributed by atoms with Gasteiger partial charge >= 0.3 is 0 Å². The van der Waals surface area contributed by atoms with Gasteiger partial charge in [-0.05, 0) is 67.5 Å². The van der Waals surface area contributed by atoms with Gasteiger partial charge in [0.25, 0.3) is 5.91 Å². The molecule has 1 heterocycles. The highest BCUT2D eigenvalue weighted by molar-refractivity contribution is 6.00. The molecule has 3 aliphatic rings. The van der Waals surface area contributed by atoms with Crippen LogP contribution in [0.1, 0.15) is 74.6 Å². The average molecular weight is 485 g/mol. The SMILES string of the molecule is N#CC1(NC(=O)C2(NC(=O)c3ccc(-c4ccc(N5CCCC5=O)cc4)cc3)CCCCCC2)CC1. The molecule has 0 spiro atoms. The fraction of sp³-hybridized carbons (Fsp3) is 0.448. The summed E-state index contributed by atoms with van der Waals surface area (Å²) in [6.45, 7) is 0.763. The molecular formula is C29H32N4O3. The number of rotatable bonds is 6. The lowest BCUT2D eigenvalue weighted by Gasteiger charge is -2.33. The van der Waals surface area contributed by atoms with Gasteiger partial charge in [-0.25, -0.2) is 0 Å². The number of carbonyl (C=O) groups is 3. The van der Waals surface area contributed by atoms with Gasteiger partial charge in [-0.1, -0.05) is 49.9 Å². The first-order chi connectivity index (χ1) is 17.4. The normalized spacial score (nSPS) is 20.2. The Morgan fingerprint density at radius 2 is 1.42 bits per heavy atom. The van der Waals surface area contributed by atoms with Gasteiger partial charge < -0.3 is 15.5 Å². The van der Waals surface area contributed by atoms with E-state index in [4.69, 9.17) is 0 Å². The quantitative estimate of drug-likeness (QED) is 0.590. The number of hydrogen-bond acceptors (Lipinski definition) is 4. The van der Waals surface area contributed by atoms with E-state index in [2.05, 4.69) is 16.7 Å². The Kier molecular flexibility index (Phi) is 6.53. The minimum atomic E-state index is -0.985. The summed E-state index contributed by atoms with van der Waals surface area (Å²) < 4.78 is 0. The topological polar surface area (TPSA) is 102 Å². The van der Waals surface area contributed by atoms with Crippen LogP contribution in [0.15, 0.2) is 48.5 Å². The summed E-state index contributed by atoms with van der Waals surface area (Å²) in [5, 5.41) is 15.4. The standard InChI is InChI=1S/C29H32N4O3/c30-20-28(17-18-28)32-27(36)29(15-3-1-2-4-16-29)31-26(35)23-9-7-21(8-10-23)22-11-13-24(14-12-22)33-19-5-6-25(33)34/h7-14H,1-6,15-19H2,(H,31,35)(H,32,36). The molecule has 0 atom stereocenters. The molecular weight excluding hydrogens is 452 g/mol. The van der Waals surface area contributed by atoms with Crippen molar-refractivity contribution >= 4 is 23.4 Å². The van der Waals surface area contributed by atoms with Crippen LogP contribution in [-0.2, 0) is 9.59 Å². The van der Waals surface area contributed by atoms with Crippen LogP contribution in [0.4, 0.5) is 5.69 Å². The molecule has 2 saturated carbocycles. The average Bonchev–Trinajstić information content (AvgIpc) is 3.61. The van der Waals surface area contributed by atoms with Crippen LogP contribution in [-0.4, -0.2) is 35.3 Å². The minimum absolute atomic E-state index is 0.165. The predicted octanol–water partition coefficient (Wildman–Crippen LogP) is 4.48. The van der Waals surface area contributed by atoms with Crippen molar-refractivity contribution in [1.29, 1.82) is 5.26 Å². The molecule has 186 valence electrons. The van der Waals surface area contributed by atoms with Crippen molar-refractivity contribution in [2.75, 3.05) is 11.4 Å². The Hall–Kier alpha value is -3.66. The molecule has 3 fully saturated rings. The van der Waals surface area contributed by atoms with Gasteiger partial charge in [0.1, 0.15) is 11.1 Å². The highest BCUT2D eigenvalue weighted by atomic mass is 16.2. The van der Waals surface area contributed by atoms with Crippen LogP contribution in [0.5, 0.6) is 0 Å². The van der Waals surface area contributed by atoms with E-state index in [0.29, 0.717) is 37.7 Å². The molecule has 0 bridgehead atoms. The predicted molar refractivity (Wildman–Crippen MR) is 137 cm³/mol. The van der Waals surface area contributed by atoms with Crippen LogP contribution in [0, 0.1) is 11.3 Å². The summed E-state index contributed by atoms with van der Waals surface area (Å²) in [6.07, 6.45) is 7.79. The van der Waals surface area contributed by atoms with E-state index in [9.17, 15) is 19.6 Å². The molecule has 2 aliphatic carbocycles. The Morgan fingerprint density at radius 3 is 1.94 bits per heavy atom. The number of carbonyl (C=O) groups excluding carboxylic acids is 3. The van der Waals surface area contributed by atoms with Crippen molar-refractivity contribution in [2.45, 2.75) is 75.3 Å². The Labute approximate surface area is 211 Å². The van der Waals surface area contributed by atoms with Crippen LogP contribution in [0.2, 0.25) is 0 Å². The van der Waals surface area contributed by atoms with E-state index in [1.807, 2.05) is 41.3 Å². The first-order valence-corrected chi connectivity index (χ1v) is 13.0. The van der Waals surface area contributed by atoms with E-state index in [-0.39, 0.29) is 17.7 Å². The molecule has 7 heteroatoms. The maximum atomic E-state index is 13.3. The third-order valence-electron chi connectivity index (χ3n) is 7.79. The fourth-order valence-corrected chi connectivity index (χ4v) is 5.33. The highest BCUT2D eigenvalue weighted by Gasteiger charge is 2.49. The van der Waals surface area contributed by atoms with Gasteiger partial charge in [0.2, 0.25) is 11.8 Å². The zero-order valence-electron chi connectivity index (χ0n) is 20.5. The first kappa shape index (κ1) is 24.1. The molecule has 1 aliphatic heterocycles. The van der Waals surface area contributed by atoms with Crippen molar-refractivity contribution in [3.63, 3.8) is 0 Å². The fourth-order valence-electron chi connectivity index (χ4n) is 5.33. The zero-order chi connectivity index (χ0) is 25.2. The van der Waals surface area contributed by atoms with Gasteiger partial charge in [0.05, 0.1) is 6.07 Å². The number of hydrogen-bond donors (Lipinski definition) is 2. The second-order valence-corrected chi connectivity index (χ2v) is 10.4. The van der Waals surface area contributed by atoms with E-state index in [1.165, 1.54) is 0 Å². The maximum absolute atomic E-state index is 13.3. The van der Waals surface area contributed by atoms with Crippen LogP contribution >= 0.6 is 0 Å². The third-order valence-corrected chi connectivity index (χ3v) is 7.79. The maximum Gasteiger partial charge on any atom is 0.252 e. The molecule has 36 heavy (non-hydrogen) atoms. The van der Waals surface area contributed by atoms with Crippen LogP contribution in [0.25, 0.3) is 11.1 Å². The minimum Gasteiger partial charge on any atom is -0.338 e. The van der Waals surface area contributed by atoms with Crippen molar-refractivity contribution in [3.8, 4) is 17.2 Å². The second-order valence-electron chi connectivity index (χ2n) is 10.4. The molecule has 2 aromatic rings. The smallest absolute Gasteiger partial charge is 0.252 e. The second kappa shape index (κ2) is 9.77. The van der Waals surface area contributed by atoms with Crippen LogP contribution in [0.3, 0.4) is 0 Å². The lowest BCUT2D eigenvalue weighted by atomic mass is 9.88. The van der Waals surface area contributed by atoms with Gasteiger partial charge in [0, 0.05) is 24.2 Å². The summed E-state index contributed by atoms with van der Waals surface area (Å²) in [7, 11) is 0. The summed E-state index contributed by atoms with van der Waals surface area (Å²) >= 11 is 0. The third kappa shape index (κ3) is 4.86. The molecule has 3 amide bonds. The highest BCUT2D eigenvalue weighted by Crippen LogP contribution is 2.36. The molecule has 0 radical (unpaired) electrons. The summed E-state index contributed by atoms with van der Waals surface area (Å²) in [6, 6.07) is 17.5. The number of nitrogens with zero attached hydrogens (tertiary/aromatic N) is 2. The number of anilines is 1. The van der Waals surface area contributed by atoms with Gasteiger partial charge in [-0.15, -0.1) is 0 Å². The Morgan fingerprint density at radius 1 is 0.806 bits per heavy atom. The summed E-state index contributed by atoms with van der Waals surface area (Å²) in [5.74, 6) is -0.341. The van der Waals surface area contributed by atoms with Crippen molar-refractivity contribution in [1.82, 2.24) is 10.6 Å². The monoisotopic (exact) mass is 484 g/mol. The van der Waals surface area contributed by atoms with Gasteiger partial charge in [-0.2, -0.15) is 5.26 Å². The molecule has 2 N–H and O–H groups in total. The zero-order valence-corrected chi connectivity index (χ0v) is 20.5. The summed E-state index contributed by atoms with van der Waals surface area (Å²) in [4.78, 5) is 40.4. The van der Waals surface area contributed by atoms with Crippen molar-refractivity contribution < 1.29 is 14.4 Å². The molecule has 2 aromatic carbocycles. The molecule has 7 nitrogen and oxygen atoms in total. The lowest BCUT2D eigenvalue weighted by molar-refractivity contribution is -0.128. The Bertz CT molecular complexity index is 1180.